The average molecular weight is 1190 g/mol. The fraction of sp³-hybridized carbons (Fsp3) is 0.522. The van der Waals surface area contributed by atoms with E-state index in [2.05, 4.69) is 60.1 Å². The summed E-state index contributed by atoms with van der Waals surface area (Å²) in [5.74, 6) is -11.7. The van der Waals surface area contributed by atoms with Gasteiger partial charge in [0.05, 0.1) is 31.9 Å². The van der Waals surface area contributed by atoms with Crippen LogP contribution in [0, 0.1) is 5.92 Å². The number of carboxylic acid groups (broad SMARTS) is 1. The van der Waals surface area contributed by atoms with E-state index in [1.807, 2.05) is 0 Å². The van der Waals surface area contributed by atoms with Gasteiger partial charge >= 0.3 is 17.9 Å². The van der Waals surface area contributed by atoms with Crippen LogP contribution in [-0.4, -0.2) is 199 Å². The molecule has 7 unspecified atom stereocenters. The highest BCUT2D eigenvalue weighted by Gasteiger charge is 2.40. The number of hydrogen-bond donors (Lipinski definition) is 14. The Kier molecular flexibility index (Phi) is 25.8. The van der Waals surface area contributed by atoms with Crippen LogP contribution in [0.1, 0.15) is 61.5 Å². The highest BCUT2D eigenvalue weighted by atomic mass is 33.1. The van der Waals surface area contributed by atoms with Gasteiger partial charge in [-0.25, -0.2) is 9.59 Å². The number of carbonyl (C=O) groups is 10. The number of amides is 7. The van der Waals surface area contributed by atoms with Crippen molar-refractivity contribution in [3.63, 3.8) is 0 Å². The zero-order chi connectivity index (χ0) is 57.8. The Bertz CT molecular complexity index is 2570. The summed E-state index contributed by atoms with van der Waals surface area (Å²) in [6.45, 7) is 0.870. The highest BCUT2D eigenvalue weighted by Crippen LogP contribution is 2.26. The number of esters is 1. The van der Waals surface area contributed by atoms with E-state index in [4.69, 9.17) is 21.4 Å². The van der Waals surface area contributed by atoms with Crippen molar-refractivity contribution < 1.29 is 82.6 Å². The second-order valence-electron chi connectivity index (χ2n) is 17.8. The molecule has 4 rings (SSSR count). The zero-order valence-corrected chi connectivity index (χ0v) is 46.7. The quantitative estimate of drug-likeness (QED) is 0.0220. The second kappa shape index (κ2) is 31.3. The lowest BCUT2D eigenvalue weighted by Crippen LogP contribution is -2.60. The number of rotatable bonds is 20. The van der Waals surface area contributed by atoms with Crippen LogP contribution in [0.2, 0.25) is 0 Å². The Hall–Kier alpha value is -6.32. The number of ketones is 1. The molecule has 2 aliphatic rings. The van der Waals surface area contributed by atoms with E-state index in [0.717, 1.165) is 33.6 Å². The van der Waals surface area contributed by atoms with E-state index in [1.54, 1.807) is 20.1 Å². The van der Waals surface area contributed by atoms with Gasteiger partial charge in [-0.3, -0.25) is 38.4 Å². The predicted molar refractivity (Wildman–Crippen MR) is 291 cm³/mol. The molecular weight excluding hydrogens is 1120 g/mol. The molecule has 27 nitrogen and oxygen atoms in total. The van der Waals surface area contributed by atoms with Gasteiger partial charge in [-0.15, -0.1) is 12.6 Å². The van der Waals surface area contributed by atoms with Crippen molar-refractivity contribution in [2.24, 2.45) is 5.92 Å². The number of phenols is 1. The fourth-order valence-electron chi connectivity index (χ4n) is 7.42. The van der Waals surface area contributed by atoms with Gasteiger partial charge in [0.2, 0.25) is 47.1 Å². The van der Waals surface area contributed by atoms with Crippen LogP contribution in [0.3, 0.4) is 0 Å². The molecule has 1 saturated heterocycles. The Morgan fingerprint density at radius 2 is 1.65 bits per heavy atom. The largest absolute Gasteiger partial charge is 0.508 e. The predicted octanol–water partition coefficient (Wildman–Crippen LogP) is -2.20. The van der Waals surface area contributed by atoms with Crippen molar-refractivity contribution >= 4 is 122 Å². The first kappa shape index (κ1) is 64.2. The molecule has 2 aliphatic heterocycles. The summed E-state index contributed by atoms with van der Waals surface area (Å²) < 4.78 is 9.90. The molecule has 0 aliphatic carbocycles. The second-order valence-corrected chi connectivity index (χ2v) is 22.2. The van der Waals surface area contributed by atoms with Gasteiger partial charge in [-0.1, -0.05) is 59.8 Å². The number of fused-ring (bicyclic) bond motifs is 1. The van der Waals surface area contributed by atoms with Crippen LogP contribution in [0.5, 0.6) is 11.7 Å². The van der Waals surface area contributed by atoms with Gasteiger partial charge < -0.3 is 82.1 Å². The van der Waals surface area contributed by atoms with E-state index < -0.39 is 144 Å². The number of thioether (sulfide) groups is 1. The summed E-state index contributed by atoms with van der Waals surface area (Å²) in [6.07, 6.45) is 1.85. The molecule has 13 N–H and O–H groups in total. The third-order valence-corrected chi connectivity index (χ3v) is 15.2. The van der Waals surface area contributed by atoms with E-state index in [0.29, 0.717) is 11.3 Å². The van der Waals surface area contributed by atoms with Crippen LogP contribution in [-0.2, 0) is 54.3 Å². The molecule has 7 atom stereocenters. The normalized spacial score (nSPS) is 20.6. The molecule has 78 heavy (non-hydrogen) atoms. The van der Waals surface area contributed by atoms with E-state index >= 15 is 0 Å². The van der Waals surface area contributed by atoms with Crippen molar-refractivity contribution in [3.05, 3.63) is 52.1 Å². The number of phenolic OH excluding ortho intramolecular Hbond substituents is 1. The van der Waals surface area contributed by atoms with Gasteiger partial charge in [-0.2, -0.15) is 16.7 Å². The highest BCUT2D eigenvalue weighted by molar-refractivity contribution is 8.76. The number of aliphatic carboxylic acids is 1. The van der Waals surface area contributed by atoms with Gasteiger partial charge in [0, 0.05) is 30.9 Å². The van der Waals surface area contributed by atoms with E-state index in [9.17, 15) is 73.5 Å². The number of aliphatic hydroxyl groups excluding tert-OH is 2. The van der Waals surface area contributed by atoms with Crippen molar-refractivity contribution in [2.45, 2.75) is 88.2 Å². The maximum Gasteiger partial charge on any atom is 0.357 e. The van der Waals surface area contributed by atoms with Gasteiger partial charge in [0.25, 0.3) is 5.89 Å². The molecule has 0 radical (unpaired) electrons. The number of hydrogen-bond acceptors (Lipinski definition) is 23. The summed E-state index contributed by atoms with van der Waals surface area (Å²) in [5.41, 5.74) is -0.572. The van der Waals surface area contributed by atoms with Gasteiger partial charge in [-0.05, 0) is 54.9 Å². The molecule has 0 spiro atoms. The van der Waals surface area contributed by atoms with Crippen LogP contribution in [0.15, 0.2) is 39.4 Å². The molecule has 3 heterocycles. The molecule has 1 fully saturated rings. The molecule has 1 aromatic heterocycles. The number of aromatic hydroxyl groups is 2. The summed E-state index contributed by atoms with van der Waals surface area (Å²) in [5, 5.41) is 70.0. The van der Waals surface area contributed by atoms with Crippen molar-refractivity contribution in [1.29, 1.82) is 0 Å². The van der Waals surface area contributed by atoms with Crippen LogP contribution < -0.4 is 42.5 Å². The van der Waals surface area contributed by atoms with Crippen LogP contribution in [0.4, 0.5) is 0 Å². The number of benzene rings is 1. The summed E-state index contributed by atoms with van der Waals surface area (Å²) in [4.78, 5) is 140. The number of thiol groups is 1. The molecule has 0 saturated carbocycles. The number of Topliss-reactive ketones (excluding diaryl/α,β-unsaturated/α-hetero) is 1. The van der Waals surface area contributed by atoms with Crippen molar-refractivity contribution in [1.82, 2.24) is 52.4 Å². The number of oxazole rings is 1. The van der Waals surface area contributed by atoms with Crippen molar-refractivity contribution in [3.8, 4) is 11.7 Å². The molecule has 32 heteroatoms. The monoisotopic (exact) mass is 1190 g/mol. The number of methoxy groups -OCH3 is 1. The number of aliphatic hydroxyl groups is 2. The average Bonchev–Trinajstić information content (AvgIpc) is 4.07. The Morgan fingerprint density at radius 1 is 0.962 bits per heavy atom. The molecule has 2 aromatic rings. The summed E-state index contributed by atoms with van der Waals surface area (Å²) in [7, 11) is 2.69. The number of carbonyl (C=O) groups excluding carboxylic acids is 9. The standard InChI is InChI=1S/C46H62N10O17S5/c1-21(2)14-31(60)40-55-33(46(71)73-40)41(74)47-16-32(61)48-26(17-57)35(62)51-29-20-78-77-19-28(37(64)49-24(44(68)69)11-13-76-4)52-36(63)27(18-58)53-42(75)34(45(70)72-3)54-39(66)30-6-5-12-56(30)43(67)25(50-38(29)65)15-22-7-9-23(59)10-8-22/h7-10,21,24-30,53,57-59,71,75H,5-6,11-20H2,1-4H3,(H,47,74)(H,48,61)(H,49,64)(H,50,65)(H,51,62)(H,52,63)(H,54,66)(H,68,69). The lowest BCUT2D eigenvalue weighted by Gasteiger charge is -2.30. The van der Waals surface area contributed by atoms with E-state index in [1.165, 1.54) is 36.0 Å². The number of thiocarbonyl (C=S) groups is 1. The third kappa shape index (κ3) is 19.0. The lowest BCUT2D eigenvalue weighted by atomic mass is 10.0. The number of nitrogens with one attached hydrogen (secondary N) is 8. The number of carboxylic acids is 1. The minimum Gasteiger partial charge on any atom is -0.508 e. The van der Waals surface area contributed by atoms with Crippen molar-refractivity contribution in [2.75, 3.05) is 56.9 Å². The van der Waals surface area contributed by atoms with E-state index in [-0.39, 0.29) is 72.5 Å². The Morgan fingerprint density at radius 3 is 2.28 bits per heavy atom. The first-order valence-corrected chi connectivity index (χ1v) is 28.6. The summed E-state index contributed by atoms with van der Waals surface area (Å²) >= 11 is 10.8. The molecular formula is C46H62N10O17S5. The minimum atomic E-state index is -1.75. The Balaban J connectivity index is 1.71. The third-order valence-electron chi connectivity index (χ3n) is 11.5. The molecule has 0 bridgehead atoms. The maximum absolute atomic E-state index is 14.7. The topological polar surface area (TPSA) is 407 Å². The SMILES string of the molecule is COC(=O)C1=C(S)NC(CO)C(=O)NC(C(=O)NC(CCSC)C(=O)O)CSSCC(NC(=O)C(CO)NC(=O)CNC(=S)c2nc(C(=O)CC(C)C)oc2O)C(=O)NC(Cc2ccc(O)cc2)C(=O)N2CCCC2C(=O)N1. The molecule has 7 amide bonds. The summed E-state index contributed by atoms with van der Waals surface area (Å²) in [6, 6.07) is -5.20. The smallest absolute Gasteiger partial charge is 0.357 e. The molecule has 428 valence electrons. The Labute approximate surface area is 469 Å². The first-order valence-electron chi connectivity index (χ1n) is 23.9. The molecule has 1 aromatic carbocycles. The van der Waals surface area contributed by atoms with Crippen LogP contribution >= 0.6 is 58.2 Å². The van der Waals surface area contributed by atoms with Gasteiger partial charge in [0.15, 0.2) is 11.4 Å². The number of aromatic nitrogens is 1. The maximum atomic E-state index is 14.7. The minimum absolute atomic E-state index is 0.0119. The fourth-order valence-corrected chi connectivity index (χ4v) is 10.7. The number of nitrogens with zero attached hydrogens (tertiary/aromatic N) is 2. The van der Waals surface area contributed by atoms with Crippen LogP contribution in [0.25, 0.3) is 0 Å². The lowest BCUT2D eigenvalue weighted by molar-refractivity contribution is -0.142. The first-order chi connectivity index (χ1) is 37.0. The van der Waals surface area contributed by atoms with Gasteiger partial charge in [0.1, 0.15) is 53.0 Å². The number of ether oxygens (including phenoxy) is 1. The zero-order valence-electron chi connectivity index (χ0n) is 42.5.